The molecule has 2 rings (SSSR count). The molecule has 1 aromatic rings. The van der Waals surface area contributed by atoms with Crippen LogP contribution in [0.4, 0.5) is 0 Å². The van der Waals surface area contributed by atoms with Gasteiger partial charge in [0, 0.05) is 17.7 Å². The van der Waals surface area contributed by atoms with E-state index in [-0.39, 0.29) is 18.2 Å². The van der Waals surface area contributed by atoms with E-state index in [1.54, 1.807) is 0 Å². The van der Waals surface area contributed by atoms with Gasteiger partial charge in [-0.1, -0.05) is 30.7 Å². The van der Waals surface area contributed by atoms with Gasteiger partial charge >= 0.3 is 0 Å². The second kappa shape index (κ2) is 6.53. The van der Waals surface area contributed by atoms with Crippen molar-refractivity contribution in [2.75, 3.05) is 6.61 Å². The van der Waals surface area contributed by atoms with Crippen LogP contribution in [0.15, 0.2) is 24.3 Å². The third kappa shape index (κ3) is 3.45. The first-order chi connectivity index (χ1) is 8.70. The smallest absolute Gasteiger partial charge is 0.0988 e. The summed E-state index contributed by atoms with van der Waals surface area (Å²) in [5.41, 5.74) is 7.00. The Labute approximate surface area is 113 Å². The summed E-state index contributed by atoms with van der Waals surface area (Å²) in [5, 5.41) is 0.736. The molecule has 100 valence electrons. The van der Waals surface area contributed by atoms with E-state index in [4.69, 9.17) is 26.8 Å². The lowest BCUT2D eigenvalue weighted by molar-refractivity contribution is -0.144. The second-order valence-electron chi connectivity index (χ2n) is 4.71. The maximum absolute atomic E-state index is 5.93. The lowest BCUT2D eigenvalue weighted by atomic mass is 9.86. The van der Waals surface area contributed by atoms with Crippen molar-refractivity contribution in [1.29, 1.82) is 0 Å². The summed E-state index contributed by atoms with van der Waals surface area (Å²) < 4.78 is 11.5. The van der Waals surface area contributed by atoms with Gasteiger partial charge in [0.25, 0.3) is 0 Å². The molecule has 0 bridgehead atoms. The van der Waals surface area contributed by atoms with Gasteiger partial charge in [-0.25, -0.2) is 0 Å². The van der Waals surface area contributed by atoms with E-state index in [2.05, 4.69) is 6.92 Å². The average molecular weight is 270 g/mol. The standard InChI is InChI=1S/C14H20ClNO2/c1-2-6-17-14-12(16)8-13(14)18-9-10-4-3-5-11(15)7-10/h3-5,7,12-14H,2,6,8-9,16H2,1H3. The van der Waals surface area contributed by atoms with Gasteiger partial charge in [0.2, 0.25) is 0 Å². The molecule has 3 unspecified atom stereocenters. The highest BCUT2D eigenvalue weighted by molar-refractivity contribution is 6.30. The molecule has 0 aromatic heterocycles. The molecule has 1 aliphatic rings. The molecular weight excluding hydrogens is 250 g/mol. The minimum absolute atomic E-state index is 0.0455. The summed E-state index contributed by atoms with van der Waals surface area (Å²) in [6.45, 7) is 3.39. The first-order valence-electron chi connectivity index (χ1n) is 6.44. The van der Waals surface area contributed by atoms with E-state index in [0.29, 0.717) is 6.61 Å². The fourth-order valence-corrected chi connectivity index (χ4v) is 2.31. The number of halogens is 1. The van der Waals surface area contributed by atoms with Crippen LogP contribution in [0.1, 0.15) is 25.3 Å². The zero-order valence-corrected chi connectivity index (χ0v) is 11.4. The Morgan fingerprint density at radius 2 is 2.22 bits per heavy atom. The molecule has 18 heavy (non-hydrogen) atoms. The molecule has 1 fully saturated rings. The molecular formula is C14H20ClNO2. The van der Waals surface area contributed by atoms with Gasteiger partial charge in [0.05, 0.1) is 18.8 Å². The maximum atomic E-state index is 5.93. The van der Waals surface area contributed by atoms with E-state index < -0.39 is 0 Å². The Morgan fingerprint density at radius 1 is 1.39 bits per heavy atom. The van der Waals surface area contributed by atoms with Crippen molar-refractivity contribution in [3.05, 3.63) is 34.9 Å². The number of ether oxygens (including phenoxy) is 2. The van der Waals surface area contributed by atoms with Gasteiger partial charge in [-0.3, -0.25) is 0 Å². The average Bonchev–Trinajstić information content (AvgIpc) is 2.34. The molecule has 3 atom stereocenters. The topological polar surface area (TPSA) is 44.5 Å². The predicted octanol–water partition coefficient (Wildman–Crippen LogP) is 2.75. The van der Waals surface area contributed by atoms with Crippen molar-refractivity contribution in [2.45, 2.75) is 44.6 Å². The van der Waals surface area contributed by atoms with Crippen LogP contribution >= 0.6 is 11.6 Å². The van der Waals surface area contributed by atoms with Crippen molar-refractivity contribution in [3.8, 4) is 0 Å². The summed E-state index contributed by atoms with van der Waals surface area (Å²) in [4.78, 5) is 0. The highest BCUT2D eigenvalue weighted by atomic mass is 35.5. The van der Waals surface area contributed by atoms with Crippen LogP contribution in [-0.2, 0) is 16.1 Å². The number of nitrogens with two attached hydrogens (primary N) is 1. The van der Waals surface area contributed by atoms with E-state index in [1.165, 1.54) is 0 Å². The van der Waals surface area contributed by atoms with E-state index >= 15 is 0 Å². The van der Waals surface area contributed by atoms with Gasteiger partial charge < -0.3 is 15.2 Å². The van der Waals surface area contributed by atoms with E-state index in [0.717, 1.165) is 30.0 Å². The van der Waals surface area contributed by atoms with Crippen molar-refractivity contribution in [1.82, 2.24) is 0 Å². The third-order valence-corrected chi connectivity index (χ3v) is 3.40. The Hall–Kier alpha value is -0.610. The van der Waals surface area contributed by atoms with Crippen molar-refractivity contribution in [2.24, 2.45) is 5.73 Å². The monoisotopic (exact) mass is 269 g/mol. The first kappa shape index (κ1) is 13.8. The van der Waals surface area contributed by atoms with Crippen molar-refractivity contribution in [3.63, 3.8) is 0 Å². The molecule has 1 aromatic carbocycles. The minimum atomic E-state index is 0.0455. The van der Waals surface area contributed by atoms with Crippen LogP contribution in [-0.4, -0.2) is 24.9 Å². The Kier molecular flexibility index (Phi) is 5.01. The Bertz CT molecular complexity index is 386. The van der Waals surface area contributed by atoms with Crippen molar-refractivity contribution < 1.29 is 9.47 Å². The molecule has 0 amide bonds. The zero-order valence-electron chi connectivity index (χ0n) is 10.6. The summed E-state index contributed by atoms with van der Waals surface area (Å²) in [6, 6.07) is 7.82. The lowest BCUT2D eigenvalue weighted by Gasteiger charge is -2.41. The summed E-state index contributed by atoms with van der Waals surface area (Å²) in [7, 11) is 0. The van der Waals surface area contributed by atoms with E-state index in [9.17, 15) is 0 Å². The number of benzene rings is 1. The Morgan fingerprint density at radius 3 is 2.89 bits per heavy atom. The quantitative estimate of drug-likeness (QED) is 0.864. The second-order valence-corrected chi connectivity index (χ2v) is 5.15. The van der Waals surface area contributed by atoms with Crippen LogP contribution in [0.5, 0.6) is 0 Å². The third-order valence-electron chi connectivity index (χ3n) is 3.16. The Balaban J connectivity index is 1.80. The summed E-state index contributed by atoms with van der Waals surface area (Å²) >= 11 is 5.93. The van der Waals surface area contributed by atoms with Crippen LogP contribution in [0, 0.1) is 0 Å². The summed E-state index contributed by atoms with van der Waals surface area (Å²) in [6.07, 6.45) is 2.04. The molecule has 0 aliphatic heterocycles. The van der Waals surface area contributed by atoms with Crippen LogP contribution in [0.3, 0.4) is 0 Å². The predicted molar refractivity (Wildman–Crippen MR) is 72.7 cm³/mol. The van der Waals surface area contributed by atoms with Crippen LogP contribution < -0.4 is 5.73 Å². The van der Waals surface area contributed by atoms with Gasteiger partial charge in [-0.05, 0) is 30.5 Å². The fraction of sp³-hybridized carbons (Fsp3) is 0.571. The molecule has 3 nitrogen and oxygen atoms in total. The highest BCUT2D eigenvalue weighted by Crippen LogP contribution is 2.27. The molecule has 2 N–H and O–H groups in total. The van der Waals surface area contributed by atoms with Gasteiger partial charge in [0.1, 0.15) is 0 Å². The van der Waals surface area contributed by atoms with Gasteiger partial charge in [0.15, 0.2) is 0 Å². The number of rotatable bonds is 6. The largest absolute Gasteiger partial charge is 0.374 e. The molecule has 0 spiro atoms. The minimum Gasteiger partial charge on any atom is -0.374 e. The molecule has 0 radical (unpaired) electrons. The summed E-state index contributed by atoms with van der Waals surface area (Å²) in [5.74, 6) is 0. The maximum Gasteiger partial charge on any atom is 0.0988 e. The first-order valence-corrected chi connectivity index (χ1v) is 6.81. The van der Waals surface area contributed by atoms with Crippen LogP contribution in [0.25, 0.3) is 0 Å². The molecule has 1 saturated carbocycles. The SMILES string of the molecule is CCCOC1C(N)CC1OCc1cccc(Cl)c1. The normalized spacial score (nSPS) is 26.9. The molecule has 0 saturated heterocycles. The lowest BCUT2D eigenvalue weighted by Crippen LogP contribution is -2.58. The molecule has 1 aliphatic carbocycles. The van der Waals surface area contributed by atoms with Gasteiger partial charge in [-0.15, -0.1) is 0 Å². The zero-order chi connectivity index (χ0) is 13.0. The molecule has 4 heteroatoms. The van der Waals surface area contributed by atoms with Crippen LogP contribution in [0.2, 0.25) is 5.02 Å². The van der Waals surface area contributed by atoms with Crippen molar-refractivity contribution >= 4 is 11.6 Å². The van der Waals surface area contributed by atoms with E-state index in [1.807, 2.05) is 24.3 Å². The molecule has 0 heterocycles. The van der Waals surface area contributed by atoms with Gasteiger partial charge in [-0.2, -0.15) is 0 Å². The highest BCUT2D eigenvalue weighted by Gasteiger charge is 2.40. The number of hydrogen-bond donors (Lipinski definition) is 1. The number of hydrogen-bond acceptors (Lipinski definition) is 3. The fourth-order valence-electron chi connectivity index (χ4n) is 2.09.